The summed E-state index contributed by atoms with van der Waals surface area (Å²) in [6, 6.07) is 41.5. The Balaban J connectivity index is 1.83. The first-order valence-electron chi connectivity index (χ1n) is 12.7. The van der Waals surface area contributed by atoms with Crippen LogP contribution in [0.2, 0.25) is 0 Å². The van der Waals surface area contributed by atoms with Gasteiger partial charge in [0.1, 0.15) is 0 Å². The van der Waals surface area contributed by atoms with Gasteiger partial charge in [-0.1, -0.05) is 0 Å². The monoisotopic (exact) mass is 560 g/mol. The zero-order valence-electron chi connectivity index (χ0n) is 20.6. The minimum absolute atomic E-state index is 0.260. The quantitative estimate of drug-likeness (QED) is 0.141. The van der Waals surface area contributed by atoms with Crippen molar-refractivity contribution in [2.75, 3.05) is 6.16 Å². The number of unbranched alkanes of at least 4 members (excludes halogenated alkanes) is 4. The van der Waals surface area contributed by atoms with Gasteiger partial charge in [-0.05, 0) is 0 Å². The Labute approximate surface area is 223 Å². The van der Waals surface area contributed by atoms with E-state index in [2.05, 4.69) is 131 Å². The molecule has 1 N–H and O–H groups in total. The van der Waals surface area contributed by atoms with Crippen molar-refractivity contribution in [3.05, 3.63) is 115 Å². The number of benzene rings is 4. The molecule has 0 aliphatic carbocycles. The summed E-state index contributed by atoms with van der Waals surface area (Å²) in [6.45, 7) is 0. The fraction of sp³-hybridized carbons (Fsp3) is 0.219. The van der Waals surface area contributed by atoms with Crippen molar-refractivity contribution < 1.29 is 9.90 Å². The molecule has 186 valence electrons. The Kier molecular flexibility index (Phi) is 8.77. The summed E-state index contributed by atoms with van der Waals surface area (Å²) in [7, 11) is 0. The van der Waals surface area contributed by atoms with Crippen LogP contribution >= 0.6 is 20.8 Å². The second kappa shape index (κ2) is 12.0. The fourth-order valence-corrected chi connectivity index (χ4v) is 13.5. The molecular weight excluding hydrogens is 527 g/mol. The van der Waals surface area contributed by atoms with Crippen molar-refractivity contribution in [1.82, 2.24) is 0 Å². The molecule has 2 nitrogen and oxygen atoms in total. The van der Waals surface area contributed by atoms with E-state index >= 15 is 0 Å². The number of hydrogen-bond acceptors (Lipinski definition) is 1. The van der Waals surface area contributed by atoms with Gasteiger partial charge in [-0.25, -0.2) is 0 Å². The van der Waals surface area contributed by atoms with Gasteiger partial charge in [-0.15, -0.1) is 0 Å². The first-order valence-corrected chi connectivity index (χ1v) is 17.2. The molecule has 0 spiro atoms. The van der Waals surface area contributed by atoms with Gasteiger partial charge < -0.3 is 0 Å². The second-order valence-corrected chi connectivity index (χ2v) is 18.4. The second-order valence-electron chi connectivity index (χ2n) is 9.37. The van der Waals surface area contributed by atoms with Crippen LogP contribution < -0.4 is 15.9 Å². The predicted octanol–water partition coefficient (Wildman–Crippen LogP) is 7.92. The van der Waals surface area contributed by atoms with Gasteiger partial charge in [0.05, 0.1) is 0 Å². The van der Waals surface area contributed by atoms with Crippen molar-refractivity contribution >= 4 is 42.7 Å². The van der Waals surface area contributed by atoms with Crippen molar-refractivity contribution in [2.45, 2.75) is 38.5 Å². The van der Waals surface area contributed by atoms with Gasteiger partial charge in [-0.2, -0.15) is 0 Å². The molecule has 0 aliphatic heterocycles. The molecule has 0 fully saturated rings. The third kappa shape index (κ3) is 5.48. The molecule has 36 heavy (non-hydrogen) atoms. The summed E-state index contributed by atoms with van der Waals surface area (Å²) in [6.07, 6.45) is 6.16. The summed E-state index contributed by atoms with van der Waals surface area (Å²) >= 11 is 4.62. The predicted molar refractivity (Wildman–Crippen MR) is 160 cm³/mol. The van der Waals surface area contributed by atoms with E-state index < -0.39 is 11.3 Å². The zero-order chi connectivity index (χ0) is 25.3. The summed E-state index contributed by atoms with van der Waals surface area (Å²) in [5.41, 5.74) is 2.49. The Bertz CT molecular complexity index is 1220. The maximum atomic E-state index is 10.9. The van der Waals surface area contributed by atoms with E-state index in [0.29, 0.717) is 0 Å². The van der Waals surface area contributed by atoms with E-state index in [1.54, 1.807) is 0 Å². The molecule has 0 saturated carbocycles. The zero-order valence-corrected chi connectivity index (χ0v) is 23.1. The number of aliphatic carboxylic acids is 1. The molecule has 4 aromatic carbocycles. The van der Waals surface area contributed by atoms with Gasteiger partial charge in [0.25, 0.3) is 0 Å². The van der Waals surface area contributed by atoms with Crippen LogP contribution in [0.3, 0.4) is 0 Å². The Morgan fingerprint density at radius 3 is 1.67 bits per heavy atom. The van der Waals surface area contributed by atoms with Crippen LogP contribution in [0.4, 0.5) is 0 Å². The third-order valence-corrected chi connectivity index (χ3v) is 17.0. The van der Waals surface area contributed by atoms with Crippen LogP contribution in [-0.4, -0.2) is 17.2 Å². The molecule has 0 amide bonds. The van der Waals surface area contributed by atoms with Gasteiger partial charge in [-0.3, -0.25) is 0 Å². The minimum atomic E-state index is -3.04. The molecule has 4 rings (SSSR count). The van der Waals surface area contributed by atoms with Crippen molar-refractivity contribution in [3.63, 3.8) is 0 Å². The van der Waals surface area contributed by atoms with Crippen molar-refractivity contribution in [1.29, 1.82) is 0 Å². The fourth-order valence-electron chi connectivity index (χ4n) is 5.24. The number of carboxylic acids is 1. The van der Waals surface area contributed by atoms with Gasteiger partial charge in [0.15, 0.2) is 0 Å². The standard InChI is InChI=1S/C32H34BrO2P/c33-36(28-19-9-5-10-20-28,29-21-11-6-12-22-29,26-16-3-1-2-13-25-32(34)35)31-24-15-14-23-30(31)27-17-7-4-8-18-27/h4-12,14-15,17-24H,1-3,13,16,25-26H2,(H,34,35). The van der Waals surface area contributed by atoms with E-state index in [1.807, 2.05) is 0 Å². The summed E-state index contributed by atoms with van der Waals surface area (Å²) in [4.78, 5) is 10.9. The number of halogens is 1. The molecule has 0 radical (unpaired) electrons. The molecule has 0 atom stereocenters. The van der Waals surface area contributed by atoms with Crippen LogP contribution in [0.5, 0.6) is 0 Å². The van der Waals surface area contributed by atoms with Crippen LogP contribution in [0.15, 0.2) is 115 Å². The summed E-state index contributed by atoms with van der Waals surface area (Å²) in [5.74, 6) is -0.703. The third-order valence-electron chi connectivity index (χ3n) is 7.05. The molecule has 0 heterocycles. The average Bonchev–Trinajstić information content (AvgIpc) is 2.94. The van der Waals surface area contributed by atoms with Crippen LogP contribution in [-0.2, 0) is 4.79 Å². The number of carboxylic acid groups (broad SMARTS) is 1. The van der Waals surface area contributed by atoms with Gasteiger partial charge >= 0.3 is 224 Å². The van der Waals surface area contributed by atoms with E-state index in [9.17, 15) is 4.79 Å². The Morgan fingerprint density at radius 2 is 1.08 bits per heavy atom. The SMILES string of the molecule is O=C(O)CCCCCCCP(Br)(c1ccccc1)(c1ccccc1)c1ccccc1-c1ccccc1. The molecule has 0 unspecified atom stereocenters. The normalized spacial score (nSPS) is 12.5. The molecule has 0 aliphatic rings. The molecule has 4 aromatic rings. The average molecular weight is 562 g/mol. The Hall–Kier alpha value is -2.74. The van der Waals surface area contributed by atoms with Crippen molar-refractivity contribution in [3.8, 4) is 11.1 Å². The number of rotatable bonds is 12. The number of carbonyl (C=O) groups is 1. The molecule has 0 saturated heterocycles. The molecule has 0 aromatic heterocycles. The topological polar surface area (TPSA) is 37.3 Å². The van der Waals surface area contributed by atoms with Crippen LogP contribution in [0.1, 0.15) is 38.5 Å². The van der Waals surface area contributed by atoms with E-state index in [1.165, 1.54) is 27.0 Å². The first-order chi connectivity index (χ1) is 17.5. The maximum absolute atomic E-state index is 10.9. The summed E-state index contributed by atoms with van der Waals surface area (Å²) in [5, 5.41) is 9.94. The van der Waals surface area contributed by atoms with E-state index in [-0.39, 0.29) is 6.42 Å². The van der Waals surface area contributed by atoms with E-state index in [4.69, 9.17) is 5.11 Å². The number of hydrogen-bond donors (Lipinski definition) is 1. The Morgan fingerprint density at radius 1 is 0.611 bits per heavy atom. The van der Waals surface area contributed by atoms with Crippen molar-refractivity contribution in [2.24, 2.45) is 0 Å². The first kappa shape index (κ1) is 26.3. The van der Waals surface area contributed by atoms with Gasteiger partial charge in [0.2, 0.25) is 0 Å². The molecule has 4 heteroatoms. The van der Waals surface area contributed by atoms with E-state index in [0.717, 1.165) is 38.3 Å². The van der Waals surface area contributed by atoms with Gasteiger partial charge in [0, 0.05) is 0 Å². The van der Waals surface area contributed by atoms with Crippen LogP contribution in [0, 0.1) is 0 Å². The molecule has 0 bridgehead atoms. The summed E-state index contributed by atoms with van der Waals surface area (Å²) < 4.78 is 0. The van der Waals surface area contributed by atoms with Crippen LogP contribution in [0.25, 0.3) is 11.1 Å². The molecular formula is C32H34BrO2P.